The molecule has 0 saturated heterocycles. The van der Waals surface area contributed by atoms with Crippen molar-refractivity contribution < 1.29 is 0 Å². The van der Waals surface area contributed by atoms with Crippen LogP contribution in [0.3, 0.4) is 0 Å². The maximum absolute atomic E-state index is 2.49. The van der Waals surface area contributed by atoms with Crippen molar-refractivity contribution in [2.45, 2.75) is 0 Å². The zero-order chi connectivity index (χ0) is 33.7. The van der Waals surface area contributed by atoms with Crippen LogP contribution in [0.15, 0.2) is 188 Å². The summed E-state index contributed by atoms with van der Waals surface area (Å²) in [6.45, 7) is 0. The molecule has 0 amide bonds. The number of rotatable bonds is 6. The van der Waals surface area contributed by atoms with E-state index >= 15 is 0 Å². The summed E-state index contributed by atoms with van der Waals surface area (Å²) in [4.78, 5) is 2.49. The van der Waals surface area contributed by atoms with Gasteiger partial charge in [0.1, 0.15) is 0 Å². The van der Waals surface area contributed by atoms with Gasteiger partial charge in [-0.25, -0.2) is 0 Å². The van der Waals surface area contributed by atoms with E-state index in [1.54, 1.807) is 0 Å². The third-order valence-electron chi connectivity index (χ3n) is 9.87. The standard InChI is InChI=1S/C48H31NS2/c1-3-13-32(14-4-1)34-17-11-18-35(29-34)36-25-28-43(42(30-36)33-15-5-2-6-16-33)49(37-26-27-40-38-19-7-9-23-45(38)50-47(40)31-37)44-22-12-21-41-39-20-8-10-24-46(39)51-48(41)44/h1-31H. The maximum Gasteiger partial charge on any atom is 0.0640 e. The lowest BCUT2D eigenvalue weighted by Crippen LogP contribution is -2.11. The quantitative estimate of drug-likeness (QED) is 0.168. The summed E-state index contributed by atoms with van der Waals surface area (Å²) in [6.07, 6.45) is 0. The average Bonchev–Trinajstić information content (AvgIpc) is 3.77. The van der Waals surface area contributed by atoms with Crippen molar-refractivity contribution in [3.05, 3.63) is 188 Å². The van der Waals surface area contributed by atoms with Gasteiger partial charge in [0.25, 0.3) is 0 Å². The van der Waals surface area contributed by atoms with Crippen LogP contribution in [-0.4, -0.2) is 0 Å². The predicted octanol–water partition coefficient (Wildman–Crippen LogP) is 14.9. The Balaban J connectivity index is 1.23. The van der Waals surface area contributed by atoms with Gasteiger partial charge in [0.15, 0.2) is 0 Å². The van der Waals surface area contributed by atoms with Crippen LogP contribution in [0.2, 0.25) is 0 Å². The summed E-state index contributed by atoms with van der Waals surface area (Å²) in [5, 5.41) is 5.21. The summed E-state index contributed by atoms with van der Waals surface area (Å²) in [5.41, 5.74) is 10.7. The predicted molar refractivity (Wildman–Crippen MR) is 223 cm³/mol. The lowest BCUT2D eigenvalue weighted by molar-refractivity contribution is 1.31. The lowest BCUT2D eigenvalue weighted by atomic mass is 9.94. The second-order valence-corrected chi connectivity index (χ2v) is 15.0. The molecule has 1 nitrogen and oxygen atoms in total. The van der Waals surface area contributed by atoms with E-state index in [1.165, 1.54) is 79.4 Å². The van der Waals surface area contributed by atoms with Gasteiger partial charge in [0.05, 0.1) is 16.1 Å². The summed E-state index contributed by atoms with van der Waals surface area (Å²) < 4.78 is 5.19. The third kappa shape index (κ3) is 5.21. The number of thiophene rings is 2. The van der Waals surface area contributed by atoms with E-state index in [2.05, 4.69) is 193 Å². The molecule has 3 heteroatoms. The average molecular weight is 686 g/mol. The van der Waals surface area contributed by atoms with Crippen molar-refractivity contribution in [2.75, 3.05) is 4.90 Å². The molecule has 10 rings (SSSR count). The number of fused-ring (bicyclic) bond motifs is 6. The summed E-state index contributed by atoms with van der Waals surface area (Å²) in [6, 6.07) is 68.7. The van der Waals surface area contributed by atoms with E-state index in [0.29, 0.717) is 0 Å². The minimum absolute atomic E-state index is 1.15. The molecule has 0 aliphatic heterocycles. The molecule has 240 valence electrons. The van der Waals surface area contributed by atoms with E-state index in [-0.39, 0.29) is 0 Å². The molecule has 2 heterocycles. The van der Waals surface area contributed by atoms with Crippen LogP contribution in [0, 0.1) is 0 Å². The highest BCUT2D eigenvalue weighted by Crippen LogP contribution is 2.49. The zero-order valence-corrected chi connectivity index (χ0v) is 29.3. The van der Waals surface area contributed by atoms with Crippen molar-refractivity contribution in [1.82, 2.24) is 0 Å². The highest BCUT2D eigenvalue weighted by molar-refractivity contribution is 7.26. The van der Waals surface area contributed by atoms with Gasteiger partial charge in [-0.3, -0.25) is 0 Å². The van der Waals surface area contributed by atoms with Crippen molar-refractivity contribution in [2.24, 2.45) is 0 Å². The SMILES string of the molecule is c1ccc(-c2cccc(-c3ccc(N(c4ccc5c(c4)sc4ccccc45)c4cccc5c4sc4ccccc45)c(-c4ccccc4)c3)c2)cc1. The van der Waals surface area contributed by atoms with Crippen LogP contribution >= 0.6 is 22.7 Å². The first-order valence-corrected chi connectivity index (χ1v) is 18.9. The van der Waals surface area contributed by atoms with E-state index in [4.69, 9.17) is 0 Å². The molecule has 2 aromatic heterocycles. The Morgan fingerprint density at radius 2 is 0.882 bits per heavy atom. The lowest BCUT2D eigenvalue weighted by Gasteiger charge is -2.29. The molecule has 0 unspecified atom stereocenters. The van der Waals surface area contributed by atoms with Crippen molar-refractivity contribution in [1.29, 1.82) is 0 Å². The number of hydrogen-bond acceptors (Lipinski definition) is 3. The Morgan fingerprint density at radius 1 is 0.314 bits per heavy atom. The van der Waals surface area contributed by atoms with Gasteiger partial charge in [-0.2, -0.15) is 0 Å². The van der Waals surface area contributed by atoms with E-state index in [1.807, 2.05) is 22.7 Å². The van der Waals surface area contributed by atoms with Crippen molar-refractivity contribution >= 4 is 80.1 Å². The number of nitrogens with zero attached hydrogens (tertiary/aromatic N) is 1. The largest absolute Gasteiger partial charge is 0.308 e. The van der Waals surface area contributed by atoms with Gasteiger partial charge in [-0.15, -0.1) is 22.7 Å². The molecule has 0 aliphatic rings. The molecule has 0 aliphatic carbocycles. The Bertz CT molecular complexity index is 2860. The molecule has 51 heavy (non-hydrogen) atoms. The molecule has 0 fully saturated rings. The van der Waals surface area contributed by atoms with Gasteiger partial charge < -0.3 is 4.90 Å². The highest BCUT2D eigenvalue weighted by Gasteiger charge is 2.22. The first-order valence-electron chi connectivity index (χ1n) is 17.3. The Labute approximate surface area is 304 Å². The normalized spacial score (nSPS) is 11.5. The first kappa shape index (κ1) is 29.9. The minimum Gasteiger partial charge on any atom is -0.308 e. The molecule has 0 atom stereocenters. The smallest absolute Gasteiger partial charge is 0.0640 e. The third-order valence-corrected chi connectivity index (χ3v) is 12.2. The fourth-order valence-corrected chi connectivity index (χ4v) is 9.78. The number of hydrogen-bond donors (Lipinski definition) is 0. The van der Waals surface area contributed by atoms with Gasteiger partial charge in [-0.1, -0.05) is 140 Å². The fraction of sp³-hybridized carbons (Fsp3) is 0. The molecular formula is C48H31NS2. The van der Waals surface area contributed by atoms with Crippen LogP contribution in [0.5, 0.6) is 0 Å². The Morgan fingerprint density at radius 3 is 1.67 bits per heavy atom. The van der Waals surface area contributed by atoms with Crippen molar-refractivity contribution in [3.8, 4) is 33.4 Å². The molecule has 0 bridgehead atoms. The van der Waals surface area contributed by atoms with Gasteiger partial charge in [-0.05, 0) is 76.3 Å². The van der Waals surface area contributed by atoms with E-state index in [9.17, 15) is 0 Å². The van der Waals surface area contributed by atoms with E-state index < -0.39 is 0 Å². The van der Waals surface area contributed by atoms with Crippen LogP contribution < -0.4 is 4.90 Å². The topological polar surface area (TPSA) is 3.24 Å². The summed E-state index contributed by atoms with van der Waals surface area (Å²) in [7, 11) is 0. The Hall–Kier alpha value is -6.00. The maximum atomic E-state index is 2.49. The number of anilines is 3. The molecule has 10 aromatic rings. The second kappa shape index (κ2) is 12.4. The Kier molecular flexibility index (Phi) is 7.26. The van der Waals surface area contributed by atoms with Crippen LogP contribution in [0.1, 0.15) is 0 Å². The van der Waals surface area contributed by atoms with Gasteiger partial charge in [0.2, 0.25) is 0 Å². The highest BCUT2D eigenvalue weighted by atomic mass is 32.1. The molecule has 0 N–H and O–H groups in total. The molecular weight excluding hydrogens is 655 g/mol. The van der Waals surface area contributed by atoms with Crippen LogP contribution in [0.25, 0.3) is 73.7 Å². The summed E-state index contributed by atoms with van der Waals surface area (Å²) in [5.74, 6) is 0. The minimum atomic E-state index is 1.15. The molecule has 0 radical (unpaired) electrons. The van der Waals surface area contributed by atoms with Gasteiger partial charge >= 0.3 is 0 Å². The molecule has 0 saturated carbocycles. The first-order chi connectivity index (χ1) is 25.3. The molecule has 8 aromatic carbocycles. The van der Waals surface area contributed by atoms with Crippen molar-refractivity contribution in [3.63, 3.8) is 0 Å². The summed E-state index contributed by atoms with van der Waals surface area (Å²) >= 11 is 3.74. The fourth-order valence-electron chi connectivity index (χ4n) is 7.44. The van der Waals surface area contributed by atoms with Gasteiger partial charge in [0, 0.05) is 46.9 Å². The van der Waals surface area contributed by atoms with E-state index in [0.717, 1.165) is 11.4 Å². The van der Waals surface area contributed by atoms with Crippen LogP contribution in [-0.2, 0) is 0 Å². The monoisotopic (exact) mass is 685 g/mol. The zero-order valence-electron chi connectivity index (χ0n) is 27.7. The second-order valence-electron chi connectivity index (χ2n) is 12.9. The number of benzene rings is 8. The molecule has 0 spiro atoms. The van der Waals surface area contributed by atoms with Crippen LogP contribution in [0.4, 0.5) is 17.1 Å².